The van der Waals surface area contributed by atoms with Crippen LogP contribution in [0, 0.1) is 0 Å². The molecule has 0 heterocycles. The summed E-state index contributed by atoms with van der Waals surface area (Å²) in [5.41, 5.74) is 4.81. The Kier molecular flexibility index (Phi) is 5.46. The molecule has 0 spiro atoms. The van der Waals surface area contributed by atoms with Gasteiger partial charge in [-0.2, -0.15) is 0 Å². The van der Waals surface area contributed by atoms with Gasteiger partial charge in [0.25, 0.3) is 0 Å². The third-order valence-corrected chi connectivity index (χ3v) is 1.24. The minimum atomic E-state index is -0.434. The molecule has 0 atom stereocenters. The number of hydrogen-bond donors (Lipinski definition) is 2. The molecule has 0 aromatic rings. The highest BCUT2D eigenvalue weighted by atomic mass is 16.6. The number of carbonyl (C=O) groups is 1. The second-order valence-electron chi connectivity index (χ2n) is 3.91. The molecule has 0 aromatic carbocycles. The molecule has 78 valence electrons. The lowest BCUT2D eigenvalue weighted by atomic mass is 10.2. The third-order valence-electron chi connectivity index (χ3n) is 1.24. The fourth-order valence-corrected chi connectivity index (χ4v) is 0.703. The molecule has 13 heavy (non-hydrogen) atoms. The highest BCUT2D eigenvalue weighted by Gasteiger charge is 2.15. The highest BCUT2D eigenvalue weighted by molar-refractivity contribution is 5.66. The van der Waals surface area contributed by atoms with E-state index in [0.717, 1.165) is 19.4 Å². The van der Waals surface area contributed by atoms with Crippen LogP contribution in [0.3, 0.4) is 0 Å². The molecule has 0 aliphatic carbocycles. The third kappa shape index (κ3) is 9.14. The van der Waals surface area contributed by atoms with Gasteiger partial charge in [0, 0.05) is 6.54 Å². The number of hydrogen-bond acceptors (Lipinski definition) is 3. The first-order chi connectivity index (χ1) is 5.95. The first-order valence-corrected chi connectivity index (χ1v) is 4.67. The number of amides is 1. The zero-order valence-electron chi connectivity index (χ0n) is 8.94. The lowest BCUT2D eigenvalue weighted by molar-refractivity contribution is 0.0498. The van der Waals surface area contributed by atoms with Crippen molar-refractivity contribution < 1.29 is 9.53 Å². The molecule has 0 unspecified atom stereocenters. The summed E-state index contributed by atoms with van der Waals surface area (Å²) in [4.78, 5) is 11.0. The van der Waals surface area contributed by atoms with Gasteiger partial charge in [0.2, 0.25) is 0 Å². The Bertz CT molecular complexity index is 152. The van der Waals surface area contributed by atoms with Crippen LogP contribution < -0.4 is 10.9 Å². The van der Waals surface area contributed by atoms with Crippen LogP contribution in [0.2, 0.25) is 0 Å². The summed E-state index contributed by atoms with van der Waals surface area (Å²) in [6.07, 6.45) is 1.71. The standard InChI is InChI=1S/C9H20N2O2/c1-5-6-7-10-11-8(12)13-9(2,3)4/h10H,5-7H2,1-4H3,(H,11,12). The van der Waals surface area contributed by atoms with Gasteiger partial charge in [-0.1, -0.05) is 13.3 Å². The van der Waals surface area contributed by atoms with Crippen LogP contribution in [0.4, 0.5) is 4.79 Å². The maximum Gasteiger partial charge on any atom is 0.422 e. The van der Waals surface area contributed by atoms with E-state index in [1.165, 1.54) is 0 Å². The molecule has 0 aliphatic heterocycles. The number of ether oxygens (including phenoxy) is 1. The fourth-order valence-electron chi connectivity index (χ4n) is 0.703. The van der Waals surface area contributed by atoms with Crippen molar-refractivity contribution in [1.29, 1.82) is 0 Å². The first-order valence-electron chi connectivity index (χ1n) is 4.67. The van der Waals surface area contributed by atoms with Gasteiger partial charge in [0.15, 0.2) is 0 Å². The van der Waals surface area contributed by atoms with Gasteiger partial charge in [-0.05, 0) is 27.2 Å². The normalized spacial score (nSPS) is 11.1. The zero-order chi connectivity index (χ0) is 10.3. The second kappa shape index (κ2) is 5.80. The van der Waals surface area contributed by atoms with E-state index >= 15 is 0 Å². The molecule has 0 bridgehead atoms. The van der Waals surface area contributed by atoms with Crippen molar-refractivity contribution >= 4 is 6.09 Å². The molecule has 0 aromatic heterocycles. The SMILES string of the molecule is CCCCNNC(=O)OC(C)(C)C. The molecule has 0 rings (SSSR count). The molecule has 4 heteroatoms. The molecule has 0 saturated heterocycles. The average molecular weight is 188 g/mol. The van der Waals surface area contributed by atoms with E-state index in [-0.39, 0.29) is 0 Å². The molecular weight excluding hydrogens is 168 g/mol. The molecule has 0 saturated carbocycles. The summed E-state index contributed by atoms with van der Waals surface area (Å²) in [6, 6.07) is 0. The van der Waals surface area contributed by atoms with Crippen molar-refractivity contribution in [2.75, 3.05) is 6.54 Å². The molecule has 0 fully saturated rings. The van der Waals surface area contributed by atoms with Gasteiger partial charge in [-0.15, -0.1) is 0 Å². The van der Waals surface area contributed by atoms with Crippen molar-refractivity contribution in [3.05, 3.63) is 0 Å². The molecule has 0 radical (unpaired) electrons. The Hall–Kier alpha value is -0.770. The quantitative estimate of drug-likeness (QED) is 0.522. The first kappa shape index (κ1) is 12.2. The van der Waals surface area contributed by atoms with Crippen LogP contribution in [0.1, 0.15) is 40.5 Å². The van der Waals surface area contributed by atoms with Crippen LogP contribution in [0.25, 0.3) is 0 Å². The van der Waals surface area contributed by atoms with Crippen molar-refractivity contribution in [3.63, 3.8) is 0 Å². The molecule has 1 amide bonds. The summed E-state index contributed by atoms with van der Waals surface area (Å²) < 4.78 is 5.01. The molecule has 4 nitrogen and oxygen atoms in total. The van der Waals surface area contributed by atoms with E-state index in [9.17, 15) is 4.79 Å². The van der Waals surface area contributed by atoms with Crippen LogP contribution in [-0.2, 0) is 4.74 Å². The van der Waals surface area contributed by atoms with Crippen LogP contribution in [-0.4, -0.2) is 18.2 Å². The topological polar surface area (TPSA) is 50.4 Å². The van der Waals surface area contributed by atoms with Crippen molar-refractivity contribution in [1.82, 2.24) is 10.9 Å². The van der Waals surface area contributed by atoms with Crippen molar-refractivity contribution in [2.24, 2.45) is 0 Å². The van der Waals surface area contributed by atoms with Gasteiger partial charge < -0.3 is 4.74 Å². The number of hydrazine groups is 1. The number of nitrogens with one attached hydrogen (secondary N) is 2. The van der Waals surface area contributed by atoms with Crippen LogP contribution >= 0.6 is 0 Å². The Morgan fingerprint density at radius 1 is 1.38 bits per heavy atom. The average Bonchev–Trinajstić information content (AvgIpc) is 1.94. The number of unbranched alkanes of at least 4 members (excludes halogenated alkanes) is 1. The van der Waals surface area contributed by atoms with E-state index in [4.69, 9.17) is 4.74 Å². The van der Waals surface area contributed by atoms with E-state index in [0.29, 0.717) is 0 Å². The largest absolute Gasteiger partial charge is 0.443 e. The maximum atomic E-state index is 11.0. The Balaban J connectivity index is 3.41. The summed E-state index contributed by atoms with van der Waals surface area (Å²) in [5.74, 6) is 0. The van der Waals surface area contributed by atoms with E-state index in [2.05, 4.69) is 17.8 Å². The Labute approximate surface area is 80.0 Å². The lowest BCUT2D eigenvalue weighted by Crippen LogP contribution is -2.41. The van der Waals surface area contributed by atoms with Gasteiger partial charge >= 0.3 is 6.09 Å². The van der Waals surface area contributed by atoms with Gasteiger partial charge in [0.1, 0.15) is 5.60 Å². The van der Waals surface area contributed by atoms with Crippen LogP contribution in [0.5, 0.6) is 0 Å². The maximum absolute atomic E-state index is 11.0. The van der Waals surface area contributed by atoms with Gasteiger partial charge in [-0.3, -0.25) is 5.43 Å². The van der Waals surface area contributed by atoms with Crippen molar-refractivity contribution in [2.45, 2.75) is 46.1 Å². The van der Waals surface area contributed by atoms with E-state index in [1.54, 1.807) is 0 Å². The second-order valence-corrected chi connectivity index (χ2v) is 3.91. The van der Waals surface area contributed by atoms with Crippen molar-refractivity contribution in [3.8, 4) is 0 Å². The van der Waals surface area contributed by atoms with Gasteiger partial charge in [0.05, 0.1) is 0 Å². The monoisotopic (exact) mass is 188 g/mol. The minimum Gasteiger partial charge on any atom is -0.443 e. The predicted molar refractivity (Wildman–Crippen MR) is 52.3 cm³/mol. The molecular formula is C9H20N2O2. The smallest absolute Gasteiger partial charge is 0.422 e. The zero-order valence-corrected chi connectivity index (χ0v) is 8.94. The van der Waals surface area contributed by atoms with E-state index < -0.39 is 11.7 Å². The number of rotatable bonds is 4. The predicted octanol–water partition coefficient (Wildman–Crippen LogP) is 1.82. The Morgan fingerprint density at radius 2 is 2.00 bits per heavy atom. The summed E-state index contributed by atoms with van der Waals surface area (Å²) in [5, 5.41) is 0. The summed E-state index contributed by atoms with van der Waals surface area (Å²) in [7, 11) is 0. The lowest BCUT2D eigenvalue weighted by Gasteiger charge is -2.19. The highest BCUT2D eigenvalue weighted by Crippen LogP contribution is 2.05. The summed E-state index contributed by atoms with van der Waals surface area (Å²) >= 11 is 0. The fraction of sp³-hybridized carbons (Fsp3) is 0.889. The summed E-state index contributed by atoms with van der Waals surface area (Å²) in [6.45, 7) is 8.36. The Morgan fingerprint density at radius 3 is 2.46 bits per heavy atom. The van der Waals surface area contributed by atoms with Gasteiger partial charge in [-0.25, -0.2) is 10.2 Å². The van der Waals surface area contributed by atoms with Crippen LogP contribution in [0.15, 0.2) is 0 Å². The number of carbonyl (C=O) groups excluding carboxylic acids is 1. The molecule has 0 aliphatic rings. The minimum absolute atomic E-state index is 0.427. The molecule has 2 N–H and O–H groups in total. The van der Waals surface area contributed by atoms with E-state index in [1.807, 2.05) is 20.8 Å².